The van der Waals surface area contributed by atoms with Gasteiger partial charge in [-0.3, -0.25) is 4.79 Å². The van der Waals surface area contributed by atoms with Crippen LogP contribution in [-0.4, -0.2) is 33.2 Å². The molecule has 2 heterocycles. The lowest BCUT2D eigenvalue weighted by Crippen LogP contribution is -2.10. The third kappa shape index (κ3) is 3.50. The molecule has 5 nitrogen and oxygen atoms in total. The normalized spacial score (nSPS) is 14.9. The van der Waals surface area contributed by atoms with E-state index in [9.17, 15) is 4.79 Å². The predicted octanol–water partition coefficient (Wildman–Crippen LogP) is 5.08. The van der Waals surface area contributed by atoms with Gasteiger partial charge in [0, 0.05) is 29.1 Å². The van der Waals surface area contributed by atoms with E-state index in [1.54, 1.807) is 7.11 Å². The van der Waals surface area contributed by atoms with Crippen molar-refractivity contribution >= 4 is 28.6 Å². The van der Waals surface area contributed by atoms with E-state index in [1.807, 2.05) is 18.2 Å². The minimum Gasteiger partial charge on any atom is -0.497 e. The highest BCUT2D eigenvalue weighted by molar-refractivity contribution is 7.99. The highest BCUT2D eigenvalue weighted by atomic mass is 32.2. The third-order valence-electron chi connectivity index (χ3n) is 5.48. The van der Waals surface area contributed by atoms with Crippen LogP contribution in [0.4, 0.5) is 0 Å². The molecule has 0 radical (unpaired) electrons. The Bertz CT molecular complexity index is 983. The lowest BCUT2D eigenvalue weighted by molar-refractivity contribution is 0.102. The molecule has 4 rings (SSSR count). The highest BCUT2D eigenvalue weighted by Gasteiger charge is 2.23. The molecule has 0 atom stereocenters. The van der Waals surface area contributed by atoms with Crippen LogP contribution in [0.25, 0.3) is 11.0 Å². The summed E-state index contributed by atoms with van der Waals surface area (Å²) in [6.07, 6.45) is 5.03. The van der Waals surface area contributed by atoms with Gasteiger partial charge in [0.15, 0.2) is 10.9 Å². The Morgan fingerprint density at radius 3 is 2.81 bits per heavy atom. The topological polar surface area (TPSA) is 59.9 Å². The molecule has 27 heavy (non-hydrogen) atoms. The van der Waals surface area contributed by atoms with Gasteiger partial charge in [0.05, 0.1) is 23.9 Å². The number of rotatable bonds is 6. The van der Waals surface area contributed by atoms with Crippen LogP contribution in [0, 0.1) is 13.8 Å². The number of fused-ring (bicyclic) bond motifs is 1. The quantitative estimate of drug-likeness (QED) is 0.476. The molecule has 6 heteroatoms. The van der Waals surface area contributed by atoms with Crippen molar-refractivity contribution in [2.45, 2.75) is 50.7 Å². The molecule has 0 saturated heterocycles. The van der Waals surface area contributed by atoms with Gasteiger partial charge in [0.1, 0.15) is 5.75 Å². The van der Waals surface area contributed by atoms with Crippen LogP contribution in [0.15, 0.2) is 29.4 Å². The van der Waals surface area contributed by atoms with Gasteiger partial charge in [0.2, 0.25) is 0 Å². The number of Topliss-reactive ketones (excluding diaryl/α,β-unsaturated/α-hetero) is 1. The highest BCUT2D eigenvalue weighted by Crippen LogP contribution is 2.34. The Hall–Kier alpha value is -2.21. The standard InChI is InChI=1S/C21H25N3O2S/c1-13-10-17(14(2)24(13)15-6-4-5-7-15)20(25)12-27-21-22-18-9-8-16(26-3)11-19(18)23-21/h8-11,15H,4-7,12H2,1-3H3,(H,22,23). The summed E-state index contributed by atoms with van der Waals surface area (Å²) in [4.78, 5) is 20.7. The third-order valence-corrected chi connectivity index (χ3v) is 6.36. The second-order valence-electron chi connectivity index (χ2n) is 7.23. The second kappa shape index (κ2) is 7.43. The summed E-state index contributed by atoms with van der Waals surface area (Å²) < 4.78 is 7.62. The molecule has 1 saturated carbocycles. The molecule has 3 aromatic rings. The van der Waals surface area contributed by atoms with Crippen LogP contribution < -0.4 is 4.74 Å². The van der Waals surface area contributed by atoms with Crippen LogP contribution in [-0.2, 0) is 0 Å². The summed E-state index contributed by atoms with van der Waals surface area (Å²) in [5, 5.41) is 0.760. The number of imidazole rings is 1. The molecule has 0 spiro atoms. The number of carbonyl (C=O) groups is 1. The Morgan fingerprint density at radius 1 is 1.30 bits per heavy atom. The maximum Gasteiger partial charge on any atom is 0.175 e. The van der Waals surface area contributed by atoms with Gasteiger partial charge in [-0.2, -0.15) is 0 Å². The fourth-order valence-electron chi connectivity index (χ4n) is 4.16. The first-order valence-electron chi connectivity index (χ1n) is 9.45. The monoisotopic (exact) mass is 383 g/mol. The largest absolute Gasteiger partial charge is 0.497 e. The van der Waals surface area contributed by atoms with Crippen LogP contribution >= 0.6 is 11.8 Å². The van der Waals surface area contributed by atoms with Gasteiger partial charge in [-0.05, 0) is 44.9 Å². The number of aromatic nitrogens is 3. The molecule has 142 valence electrons. The maximum absolute atomic E-state index is 12.8. The lowest BCUT2D eigenvalue weighted by atomic mass is 10.2. The van der Waals surface area contributed by atoms with Crippen LogP contribution in [0.5, 0.6) is 5.75 Å². The summed E-state index contributed by atoms with van der Waals surface area (Å²) in [6, 6.07) is 8.35. The molecule has 2 aromatic heterocycles. The summed E-state index contributed by atoms with van der Waals surface area (Å²) in [5.74, 6) is 1.33. The van der Waals surface area contributed by atoms with E-state index in [2.05, 4.69) is 34.4 Å². The minimum atomic E-state index is 0.162. The van der Waals surface area contributed by atoms with Crippen LogP contribution in [0.2, 0.25) is 0 Å². The smallest absolute Gasteiger partial charge is 0.175 e. The Labute approximate surface area is 163 Å². The predicted molar refractivity (Wildman–Crippen MR) is 109 cm³/mol. The average molecular weight is 384 g/mol. The molecule has 1 N–H and O–H groups in total. The van der Waals surface area contributed by atoms with Crippen molar-refractivity contribution < 1.29 is 9.53 Å². The zero-order chi connectivity index (χ0) is 19.0. The SMILES string of the molecule is COc1ccc2nc(SCC(=O)c3cc(C)n(C4CCCC4)c3C)[nH]c2c1. The van der Waals surface area contributed by atoms with Gasteiger partial charge in [-0.15, -0.1) is 0 Å². The van der Waals surface area contributed by atoms with E-state index in [4.69, 9.17) is 4.74 Å². The Kier molecular flexibility index (Phi) is 5.00. The van der Waals surface area contributed by atoms with Crippen LogP contribution in [0.1, 0.15) is 53.5 Å². The van der Waals surface area contributed by atoms with Crippen molar-refractivity contribution in [3.05, 3.63) is 41.2 Å². The number of nitrogens with one attached hydrogen (secondary N) is 1. The fraction of sp³-hybridized carbons (Fsp3) is 0.429. The fourth-order valence-corrected chi connectivity index (χ4v) is 4.92. The molecule has 0 bridgehead atoms. The van der Waals surface area contributed by atoms with Crippen LogP contribution in [0.3, 0.4) is 0 Å². The van der Waals surface area contributed by atoms with E-state index >= 15 is 0 Å². The second-order valence-corrected chi connectivity index (χ2v) is 8.19. The number of H-pyrrole nitrogens is 1. The van der Waals surface area contributed by atoms with Crippen molar-refractivity contribution in [1.82, 2.24) is 14.5 Å². The van der Waals surface area contributed by atoms with Crippen molar-refractivity contribution in [2.75, 3.05) is 12.9 Å². The molecular weight excluding hydrogens is 358 g/mol. The van der Waals surface area contributed by atoms with E-state index in [0.717, 1.165) is 33.2 Å². The maximum atomic E-state index is 12.8. The zero-order valence-electron chi connectivity index (χ0n) is 16.0. The number of methoxy groups -OCH3 is 1. The molecule has 1 aliphatic carbocycles. The van der Waals surface area contributed by atoms with E-state index in [1.165, 1.54) is 43.1 Å². The van der Waals surface area contributed by atoms with Crippen molar-refractivity contribution in [3.8, 4) is 5.75 Å². The molecule has 0 amide bonds. The lowest BCUT2D eigenvalue weighted by Gasteiger charge is -2.17. The summed E-state index contributed by atoms with van der Waals surface area (Å²) in [6.45, 7) is 4.19. The average Bonchev–Trinajstić information content (AvgIpc) is 3.38. The summed E-state index contributed by atoms with van der Waals surface area (Å²) >= 11 is 1.45. The first kappa shape index (κ1) is 18.2. The number of thioether (sulfide) groups is 1. The van der Waals surface area contributed by atoms with Crippen molar-refractivity contribution in [1.29, 1.82) is 0 Å². The van der Waals surface area contributed by atoms with Gasteiger partial charge < -0.3 is 14.3 Å². The van der Waals surface area contributed by atoms with Gasteiger partial charge in [-0.1, -0.05) is 24.6 Å². The number of nitrogens with zero attached hydrogens (tertiary/aromatic N) is 2. The van der Waals surface area contributed by atoms with Gasteiger partial charge in [0.25, 0.3) is 0 Å². The molecule has 1 fully saturated rings. The number of hydrogen-bond acceptors (Lipinski definition) is 4. The number of ketones is 1. The summed E-state index contributed by atoms with van der Waals surface area (Å²) in [7, 11) is 1.65. The van der Waals surface area contributed by atoms with E-state index in [-0.39, 0.29) is 5.78 Å². The van der Waals surface area contributed by atoms with Crippen molar-refractivity contribution in [2.24, 2.45) is 0 Å². The van der Waals surface area contributed by atoms with Crippen molar-refractivity contribution in [3.63, 3.8) is 0 Å². The van der Waals surface area contributed by atoms with E-state index in [0.29, 0.717) is 11.8 Å². The first-order valence-corrected chi connectivity index (χ1v) is 10.4. The number of hydrogen-bond donors (Lipinski definition) is 1. The number of ether oxygens (including phenoxy) is 1. The van der Waals surface area contributed by atoms with Gasteiger partial charge >= 0.3 is 0 Å². The van der Waals surface area contributed by atoms with Gasteiger partial charge in [-0.25, -0.2) is 4.98 Å². The zero-order valence-corrected chi connectivity index (χ0v) is 16.9. The molecule has 1 aliphatic rings. The molecular formula is C21H25N3O2S. The minimum absolute atomic E-state index is 0.162. The Balaban J connectivity index is 1.49. The molecule has 0 unspecified atom stereocenters. The Morgan fingerprint density at radius 2 is 2.07 bits per heavy atom. The number of aromatic amines is 1. The number of aryl methyl sites for hydroxylation is 1. The first-order chi connectivity index (χ1) is 13.1. The molecule has 0 aliphatic heterocycles. The van der Waals surface area contributed by atoms with E-state index < -0.39 is 0 Å². The molecule has 1 aromatic carbocycles. The summed E-state index contributed by atoms with van der Waals surface area (Å²) in [5.41, 5.74) is 4.96. The number of carbonyl (C=O) groups excluding carboxylic acids is 1. The number of benzene rings is 1.